The maximum Gasteiger partial charge on any atom is 0.0963 e. The van der Waals surface area contributed by atoms with Gasteiger partial charge in [0.15, 0.2) is 0 Å². The highest BCUT2D eigenvalue weighted by molar-refractivity contribution is 7.11. The summed E-state index contributed by atoms with van der Waals surface area (Å²) in [5.74, 6) is 0.603. The van der Waals surface area contributed by atoms with Crippen LogP contribution in [0.2, 0.25) is 0 Å². The van der Waals surface area contributed by atoms with Crippen LogP contribution in [0.1, 0.15) is 48.2 Å². The summed E-state index contributed by atoms with van der Waals surface area (Å²) in [7, 11) is 3.69. The first-order valence-electron chi connectivity index (χ1n) is 5.88. The first-order chi connectivity index (χ1) is 7.76. The summed E-state index contributed by atoms with van der Waals surface area (Å²) in [4.78, 5) is 6.03. The van der Waals surface area contributed by atoms with E-state index in [0.717, 1.165) is 25.1 Å². The maximum absolute atomic E-state index is 5.19. The molecule has 0 aliphatic rings. The van der Waals surface area contributed by atoms with Crippen molar-refractivity contribution in [1.29, 1.82) is 0 Å². The summed E-state index contributed by atoms with van der Waals surface area (Å²) in [6.07, 6.45) is 2.32. The van der Waals surface area contributed by atoms with Crippen LogP contribution in [0.3, 0.4) is 0 Å². The summed E-state index contributed by atoms with van der Waals surface area (Å²) in [5.41, 5.74) is 1.10. The molecule has 92 valence electrons. The third kappa shape index (κ3) is 3.27. The highest BCUT2D eigenvalue weighted by Gasteiger charge is 2.16. The van der Waals surface area contributed by atoms with E-state index >= 15 is 0 Å². The molecular weight excluding hydrogens is 220 g/mol. The van der Waals surface area contributed by atoms with Crippen LogP contribution in [-0.4, -0.2) is 19.1 Å². The zero-order valence-corrected chi connectivity index (χ0v) is 11.5. The second-order valence-electron chi connectivity index (χ2n) is 3.90. The second-order valence-corrected chi connectivity index (χ2v) is 5.01. The van der Waals surface area contributed by atoms with Gasteiger partial charge in [0.05, 0.1) is 17.3 Å². The van der Waals surface area contributed by atoms with Gasteiger partial charge in [0.2, 0.25) is 0 Å². The van der Waals surface area contributed by atoms with Gasteiger partial charge < -0.3 is 10.1 Å². The van der Waals surface area contributed by atoms with E-state index < -0.39 is 0 Å². The van der Waals surface area contributed by atoms with Gasteiger partial charge in [0.1, 0.15) is 0 Å². The average Bonchev–Trinajstić information content (AvgIpc) is 2.65. The van der Waals surface area contributed by atoms with Crippen molar-refractivity contribution >= 4 is 11.3 Å². The second kappa shape index (κ2) is 6.99. The van der Waals surface area contributed by atoms with Crippen LogP contribution in [0.4, 0.5) is 0 Å². The highest BCUT2D eigenvalue weighted by Crippen LogP contribution is 2.29. The molecule has 0 aliphatic heterocycles. The smallest absolute Gasteiger partial charge is 0.0963 e. The molecule has 0 amide bonds. The Morgan fingerprint density at radius 3 is 2.56 bits per heavy atom. The summed E-state index contributed by atoms with van der Waals surface area (Å²) in [5, 5.41) is 4.45. The van der Waals surface area contributed by atoms with Crippen molar-refractivity contribution in [1.82, 2.24) is 10.3 Å². The molecule has 0 fully saturated rings. The van der Waals surface area contributed by atoms with Crippen molar-refractivity contribution in [2.75, 3.05) is 14.2 Å². The number of thiazole rings is 1. The SMILES string of the molecule is CCC(CC)c1nc(COC)c(CNC)s1. The van der Waals surface area contributed by atoms with Gasteiger partial charge in [-0.3, -0.25) is 0 Å². The summed E-state index contributed by atoms with van der Waals surface area (Å²) < 4.78 is 5.19. The van der Waals surface area contributed by atoms with Gasteiger partial charge in [-0.05, 0) is 19.9 Å². The van der Waals surface area contributed by atoms with Crippen LogP contribution < -0.4 is 5.32 Å². The Bertz CT molecular complexity index is 284. The molecule has 0 atom stereocenters. The molecule has 0 saturated carbocycles. The summed E-state index contributed by atoms with van der Waals surface area (Å²) in [6, 6.07) is 0. The van der Waals surface area contributed by atoms with Crippen LogP contribution in [0.5, 0.6) is 0 Å². The standard InChI is InChI=1S/C12H22N2OS/c1-5-9(6-2)12-14-10(8-15-4)11(16-12)7-13-3/h9,13H,5-8H2,1-4H3. The Hall–Kier alpha value is -0.450. The molecule has 1 heterocycles. The van der Waals surface area contributed by atoms with Crippen molar-refractivity contribution in [3.8, 4) is 0 Å². The molecule has 0 aromatic carbocycles. The number of nitrogens with one attached hydrogen (secondary N) is 1. The minimum absolute atomic E-state index is 0.603. The van der Waals surface area contributed by atoms with E-state index in [4.69, 9.17) is 9.72 Å². The zero-order chi connectivity index (χ0) is 12.0. The van der Waals surface area contributed by atoms with Gasteiger partial charge in [-0.25, -0.2) is 4.98 Å². The van der Waals surface area contributed by atoms with E-state index in [2.05, 4.69) is 19.2 Å². The highest BCUT2D eigenvalue weighted by atomic mass is 32.1. The largest absolute Gasteiger partial charge is 0.378 e. The monoisotopic (exact) mass is 242 g/mol. The normalized spacial score (nSPS) is 11.3. The number of ether oxygens (including phenoxy) is 1. The Morgan fingerprint density at radius 1 is 1.38 bits per heavy atom. The number of aromatic nitrogens is 1. The molecule has 0 aliphatic carbocycles. The van der Waals surface area contributed by atoms with E-state index in [-0.39, 0.29) is 0 Å². The van der Waals surface area contributed by atoms with Crippen LogP contribution in [0.25, 0.3) is 0 Å². The fourth-order valence-corrected chi connectivity index (χ4v) is 3.11. The van der Waals surface area contributed by atoms with Crippen molar-refractivity contribution in [2.24, 2.45) is 0 Å². The number of hydrogen-bond donors (Lipinski definition) is 1. The van der Waals surface area contributed by atoms with Crippen LogP contribution in [0.15, 0.2) is 0 Å². The number of nitrogens with zero attached hydrogens (tertiary/aromatic N) is 1. The molecule has 1 N–H and O–H groups in total. The molecule has 0 saturated heterocycles. The number of hydrogen-bond acceptors (Lipinski definition) is 4. The lowest BCUT2D eigenvalue weighted by atomic mass is 10.1. The molecule has 0 unspecified atom stereocenters. The van der Waals surface area contributed by atoms with Crippen molar-refractivity contribution in [3.05, 3.63) is 15.6 Å². The van der Waals surface area contributed by atoms with E-state index in [1.807, 2.05) is 18.4 Å². The molecule has 16 heavy (non-hydrogen) atoms. The molecule has 4 heteroatoms. The Morgan fingerprint density at radius 2 is 2.06 bits per heavy atom. The van der Waals surface area contributed by atoms with E-state index in [1.165, 1.54) is 9.88 Å². The molecule has 1 rings (SSSR count). The first-order valence-corrected chi connectivity index (χ1v) is 6.70. The van der Waals surface area contributed by atoms with Crippen molar-refractivity contribution < 1.29 is 4.74 Å². The molecule has 1 aromatic heterocycles. The maximum atomic E-state index is 5.19. The first kappa shape index (κ1) is 13.6. The lowest BCUT2D eigenvalue weighted by molar-refractivity contribution is 0.181. The van der Waals surface area contributed by atoms with Gasteiger partial charge in [-0.15, -0.1) is 11.3 Å². The predicted molar refractivity (Wildman–Crippen MR) is 68.9 cm³/mol. The van der Waals surface area contributed by atoms with Crippen LogP contribution in [-0.2, 0) is 17.9 Å². The number of methoxy groups -OCH3 is 1. The Labute approximate surface area is 102 Å². The predicted octanol–water partition coefficient (Wildman–Crippen LogP) is 2.91. The van der Waals surface area contributed by atoms with Gasteiger partial charge >= 0.3 is 0 Å². The minimum Gasteiger partial charge on any atom is -0.378 e. The molecule has 0 spiro atoms. The van der Waals surface area contributed by atoms with E-state index in [9.17, 15) is 0 Å². The topological polar surface area (TPSA) is 34.1 Å². The van der Waals surface area contributed by atoms with E-state index in [1.54, 1.807) is 7.11 Å². The van der Waals surface area contributed by atoms with Gasteiger partial charge in [0.25, 0.3) is 0 Å². The molecular formula is C12H22N2OS. The molecule has 3 nitrogen and oxygen atoms in total. The number of rotatable bonds is 7. The van der Waals surface area contributed by atoms with Crippen molar-refractivity contribution in [2.45, 2.75) is 45.8 Å². The fraction of sp³-hybridized carbons (Fsp3) is 0.750. The quantitative estimate of drug-likeness (QED) is 0.798. The lowest BCUT2D eigenvalue weighted by Crippen LogP contribution is -2.06. The third-order valence-corrected chi connectivity index (χ3v) is 4.01. The summed E-state index contributed by atoms with van der Waals surface area (Å²) >= 11 is 1.83. The van der Waals surface area contributed by atoms with Crippen LogP contribution in [0, 0.1) is 0 Å². The van der Waals surface area contributed by atoms with Crippen molar-refractivity contribution in [3.63, 3.8) is 0 Å². The van der Waals surface area contributed by atoms with Gasteiger partial charge in [-0.2, -0.15) is 0 Å². The summed E-state index contributed by atoms with van der Waals surface area (Å²) in [6.45, 7) is 5.96. The third-order valence-electron chi connectivity index (χ3n) is 2.75. The Balaban J connectivity index is 2.90. The molecule has 1 aromatic rings. The van der Waals surface area contributed by atoms with Crippen LogP contribution >= 0.6 is 11.3 Å². The lowest BCUT2D eigenvalue weighted by Gasteiger charge is -2.06. The fourth-order valence-electron chi connectivity index (χ4n) is 1.76. The minimum atomic E-state index is 0.603. The van der Waals surface area contributed by atoms with Gasteiger partial charge in [-0.1, -0.05) is 13.8 Å². The Kier molecular flexibility index (Phi) is 5.95. The van der Waals surface area contributed by atoms with Gasteiger partial charge in [0, 0.05) is 24.4 Å². The van der Waals surface area contributed by atoms with E-state index in [0.29, 0.717) is 12.5 Å². The average molecular weight is 242 g/mol. The zero-order valence-electron chi connectivity index (χ0n) is 10.7. The molecule has 0 radical (unpaired) electrons. The molecule has 0 bridgehead atoms.